The third-order valence-electron chi connectivity index (χ3n) is 5.59. The van der Waals surface area contributed by atoms with Gasteiger partial charge in [0.05, 0.1) is 19.8 Å². The fourth-order valence-corrected chi connectivity index (χ4v) is 3.38. The first-order valence-corrected chi connectivity index (χ1v) is 10.8. The van der Waals surface area contributed by atoms with Crippen LogP contribution in [0.5, 0.6) is 11.5 Å². The Bertz CT molecular complexity index is 1050. The summed E-state index contributed by atoms with van der Waals surface area (Å²) in [6.45, 7) is 10.2. The number of allylic oxidation sites excluding steroid dienone is 2. The topological polar surface area (TPSA) is 97.4 Å². The number of hydrogen-bond acceptors (Lipinski definition) is 8. The van der Waals surface area contributed by atoms with Crippen molar-refractivity contribution >= 4 is 24.0 Å². The van der Waals surface area contributed by atoms with E-state index in [2.05, 4.69) is 4.74 Å². The van der Waals surface area contributed by atoms with Crippen molar-refractivity contribution in [2.24, 2.45) is 0 Å². The molecule has 0 spiro atoms. The van der Waals surface area contributed by atoms with Gasteiger partial charge in [-0.05, 0) is 59.8 Å². The third kappa shape index (κ3) is 5.68. The van der Waals surface area contributed by atoms with E-state index in [0.29, 0.717) is 33.8 Å². The molecular formula is C26H32O8. The van der Waals surface area contributed by atoms with Crippen molar-refractivity contribution in [3.63, 3.8) is 0 Å². The van der Waals surface area contributed by atoms with Gasteiger partial charge in [0.1, 0.15) is 17.1 Å². The van der Waals surface area contributed by atoms with Gasteiger partial charge >= 0.3 is 17.9 Å². The molecule has 0 saturated heterocycles. The van der Waals surface area contributed by atoms with Crippen molar-refractivity contribution in [2.45, 2.75) is 59.4 Å². The van der Waals surface area contributed by atoms with Crippen molar-refractivity contribution in [3.05, 3.63) is 52.6 Å². The lowest BCUT2D eigenvalue weighted by atomic mass is 9.86. The van der Waals surface area contributed by atoms with Gasteiger partial charge in [-0.3, -0.25) is 0 Å². The molecule has 0 saturated carbocycles. The van der Waals surface area contributed by atoms with E-state index in [4.69, 9.17) is 18.9 Å². The van der Waals surface area contributed by atoms with E-state index in [1.165, 1.54) is 26.4 Å². The van der Waals surface area contributed by atoms with E-state index in [0.717, 1.165) is 0 Å². The van der Waals surface area contributed by atoms with E-state index in [9.17, 15) is 14.4 Å². The van der Waals surface area contributed by atoms with E-state index in [1.807, 2.05) is 0 Å². The van der Waals surface area contributed by atoms with Gasteiger partial charge in [-0.25, -0.2) is 14.4 Å². The zero-order valence-corrected chi connectivity index (χ0v) is 20.9. The predicted molar refractivity (Wildman–Crippen MR) is 126 cm³/mol. The highest BCUT2D eigenvalue weighted by molar-refractivity contribution is 5.89. The molecule has 8 nitrogen and oxygen atoms in total. The van der Waals surface area contributed by atoms with Crippen LogP contribution in [0.2, 0.25) is 0 Å². The van der Waals surface area contributed by atoms with Gasteiger partial charge in [0.25, 0.3) is 0 Å². The monoisotopic (exact) mass is 472 g/mol. The SMILES string of the molecule is C/C=C(\C)C(=O)O[C@H]1c2c(ccc(/C=C/C(=O)OC)c2OC)OC(C)(C)[C@H]1OC(=O)/C(C)=C/C. The van der Waals surface area contributed by atoms with Crippen molar-refractivity contribution in [2.75, 3.05) is 14.2 Å². The number of hydrogen-bond donors (Lipinski definition) is 0. The van der Waals surface area contributed by atoms with Gasteiger partial charge in [-0.2, -0.15) is 0 Å². The molecule has 0 unspecified atom stereocenters. The summed E-state index contributed by atoms with van der Waals surface area (Å²) in [5.41, 5.74) is 0.662. The molecule has 2 atom stereocenters. The standard InChI is InChI=1S/C26H32O8/c1-9-15(3)24(28)32-22-20-18(13-11-17(21(20)31-8)12-14-19(27)30-7)34-26(5,6)23(22)33-25(29)16(4)10-2/h9-14,22-23H,1-8H3/b14-12+,15-9+,16-10+/t22-,23-/m0/s1. The second kappa shape index (κ2) is 11.0. The Morgan fingerprint density at radius 3 is 2.09 bits per heavy atom. The maximum absolute atomic E-state index is 12.8. The van der Waals surface area contributed by atoms with Crippen LogP contribution >= 0.6 is 0 Å². The Hall–Kier alpha value is -3.55. The molecule has 184 valence electrons. The fraction of sp³-hybridized carbons (Fsp3) is 0.423. The number of esters is 3. The number of carbonyl (C=O) groups excluding carboxylic acids is 3. The normalized spacial score (nSPS) is 19.6. The first-order valence-electron chi connectivity index (χ1n) is 10.8. The minimum Gasteiger partial charge on any atom is -0.496 e. The number of methoxy groups -OCH3 is 2. The molecule has 1 aromatic carbocycles. The second-order valence-electron chi connectivity index (χ2n) is 8.26. The number of fused-ring (bicyclic) bond motifs is 1. The highest BCUT2D eigenvalue weighted by Gasteiger charge is 2.50. The van der Waals surface area contributed by atoms with Crippen molar-refractivity contribution in [3.8, 4) is 11.5 Å². The molecule has 1 aliphatic rings. The molecular weight excluding hydrogens is 440 g/mol. The van der Waals surface area contributed by atoms with Crippen LogP contribution in [-0.2, 0) is 28.6 Å². The molecule has 1 heterocycles. The molecule has 0 fully saturated rings. The van der Waals surface area contributed by atoms with E-state index in [1.54, 1.807) is 65.8 Å². The molecule has 1 aliphatic heterocycles. The Morgan fingerprint density at radius 1 is 0.971 bits per heavy atom. The third-order valence-corrected chi connectivity index (χ3v) is 5.59. The molecule has 0 aliphatic carbocycles. The summed E-state index contributed by atoms with van der Waals surface area (Å²) in [5.74, 6) is -0.955. The molecule has 0 N–H and O–H groups in total. The zero-order valence-electron chi connectivity index (χ0n) is 20.9. The zero-order chi connectivity index (χ0) is 25.6. The van der Waals surface area contributed by atoms with E-state index < -0.39 is 35.7 Å². The first-order chi connectivity index (χ1) is 16.0. The molecule has 2 rings (SSSR count). The minimum absolute atomic E-state index is 0.313. The predicted octanol–water partition coefficient (Wildman–Crippen LogP) is 4.48. The van der Waals surface area contributed by atoms with Gasteiger partial charge in [-0.15, -0.1) is 0 Å². The fourth-order valence-electron chi connectivity index (χ4n) is 3.38. The smallest absolute Gasteiger partial charge is 0.334 e. The van der Waals surface area contributed by atoms with E-state index in [-0.39, 0.29) is 0 Å². The lowest BCUT2D eigenvalue weighted by Crippen LogP contribution is -2.52. The summed E-state index contributed by atoms with van der Waals surface area (Å²) in [6.07, 6.45) is 3.99. The molecule has 0 amide bonds. The lowest BCUT2D eigenvalue weighted by molar-refractivity contribution is -0.186. The summed E-state index contributed by atoms with van der Waals surface area (Å²) in [7, 11) is 2.73. The van der Waals surface area contributed by atoms with E-state index >= 15 is 0 Å². The lowest BCUT2D eigenvalue weighted by Gasteiger charge is -2.43. The largest absolute Gasteiger partial charge is 0.496 e. The van der Waals surface area contributed by atoms with Crippen LogP contribution in [0.25, 0.3) is 6.08 Å². The van der Waals surface area contributed by atoms with Gasteiger partial charge in [0, 0.05) is 22.8 Å². The van der Waals surface area contributed by atoms with Crippen LogP contribution < -0.4 is 9.47 Å². The maximum Gasteiger partial charge on any atom is 0.334 e. The van der Waals surface area contributed by atoms with Crippen LogP contribution in [0, 0.1) is 0 Å². The summed E-state index contributed by atoms with van der Waals surface area (Å²) in [4.78, 5) is 37.2. The maximum atomic E-state index is 12.8. The summed E-state index contributed by atoms with van der Waals surface area (Å²) < 4.78 is 28.2. The highest BCUT2D eigenvalue weighted by atomic mass is 16.6. The van der Waals surface area contributed by atoms with Gasteiger partial charge < -0.3 is 23.7 Å². The summed E-state index contributed by atoms with van der Waals surface area (Å²) in [6, 6.07) is 3.40. The molecule has 34 heavy (non-hydrogen) atoms. The quantitative estimate of drug-likeness (QED) is 0.326. The molecule has 0 radical (unpaired) electrons. The van der Waals surface area contributed by atoms with Gasteiger partial charge in [-0.1, -0.05) is 12.2 Å². The average Bonchev–Trinajstić information content (AvgIpc) is 2.82. The van der Waals surface area contributed by atoms with Crippen LogP contribution in [0.3, 0.4) is 0 Å². The van der Waals surface area contributed by atoms with Crippen LogP contribution in [0.15, 0.2) is 41.5 Å². The van der Waals surface area contributed by atoms with Crippen molar-refractivity contribution in [1.82, 2.24) is 0 Å². The second-order valence-corrected chi connectivity index (χ2v) is 8.26. The summed E-state index contributed by atoms with van der Waals surface area (Å²) >= 11 is 0. The molecule has 8 heteroatoms. The Morgan fingerprint density at radius 2 is 1.56 bits per heavy atom. The molecule has 0 aromatic heterocycles. The average molecular weight is 473 g/mol. The van der Waals surface area contributed by atoms with Gasteiger partial charge in [0.15, 0.2) is 12.2 Å². The highest BCUT2D eigenvalue weighted by Crippen LogP contribution is 2.49. The Balaban J connectivity index is 2.72. The van der Waals surface area contributed by atoms with Crippen molar-refractivity contribution < 1.29 is 38.1 Å². The first kappa shape index (κ1) is 26.7. The number of rotatable bonds is 7. The Labute approximate surface area is 200 Å². The van der Waals surface area contributed by atoms with Crippen LogP contribution in [-0.4, -0.2) is 43.8 Å². The minimum atomic E-state index is -1.05. The van der Waals surface area contributed by atoms with Crippen molar-refractivity contribution in [1.29, 1.82) is 0 Å². The molecule has 0 bridgehead atoms. The number of ether oxygens (including phenoxy) is 5. The van der Waals surface area contributed by atoms with Crippen LogP contribution in [0.1, 0.15) is 58.8 Å². The number of benzene rings is 1. The molecule has 1 aromatic rings. The van der Waals surface area contributed by atoms with Gasteiger partial charge in [0.2, 0.25) is 0 Å². The number of carbonyl (C=O) groups is 3. The summed E-state index contributed by atoms with van der Waals surface area (Å²) in [5, 5.41) is 0. The Kier molecular flexibility index (Phi) is 8.68. The van der Waals surface area contributed by atoms with Crippen LogP contribution in [0.4, 0.5) is 0 Å².